The van der Waals surface area contributed by atoms with E-state index in [4.69, 9.17) is 19.4 Å². The lowest BCUT2D eigenvalue weighted by atomic mass is 10.0. The summed E-state index contributed by atoms with van der Waals surface area (Å²) in [4.78, 5) is 22.3. The number of rotatable bonds is 4. The molecule has 0 saturated carbocycles. The summed E-state index contributed by atoms with van der Waals surface area (Å²) in [6.45, 7) is 2.09. The molecule has 2 N–H and O–H groups in total. The van der Waals surface area contributed by atoms with Crippen molar-refractivity contribution in [3.8, 4) is 16.9 Å². The van der Waals surface area contributed by atoms with Crippen LogP contribution in [-0.4, -0.2) is 36.4 Å². The molecule has 1 saturated heterocycles. The smallest absolute Gasteiger partial charge is 0.290 e. The molecule has 4 rings (SSSR count). The number of carboxylic acid groups (broad SMARTS) is 1. The molecule has 1 atom stereocenters. The number of benzene rings is 2. The van der Waals surface area contributed by atoms with Crippen LogP contribution in [0.15, 0.2) is 59.5 Å². The highest BCUT2D eigenvalue weighted by atomic mass is 16.5. The van der Waals surface area contributed by atoms with Crippen LogP contribution in [0.5, 0.6) is 5.75 Å². The molecule has 3 aromatic rings. The highest BCUT2D eigenvalue weighted by molar-refractivity contribution is 5.88. The lowest BCUT2D eigenvalue weighted by Gasteiger charge is -2.11. The molecule has 0 amide bonds. The lowest BCUT2D eigenvalue weighted by molar-refractivity contribution is -0.122. The predicted molar refractivity (Wildman–Crippen MR) is 103 cm³/mol. The molecule has 0 aliphatic carbocycles. The Hall–Kier alpha value is -3.12. The quantitative estimate of drug-likeness (QED) is 0.691. The van der Waals surface area contributed by atoms with Gasteiger partial charge in [0, 0.05) is 24.8 Å². The molecule has 1 unspecified atom stereocenters. The van der Waals surface area contributed by atoms with E-state index in [0.717, 1.165) is 41.9 Å². The Labute approximate surface area is 156 Å². The summed E-state index contributed by atoms with van der Waals surface area (Å²) in [5, 5.41) is 9.18. The predicted octanol–water partition coefficient (Wildman–Crippen LogP) is 3.31. The van der Waals surface area contributed by atoms with Crippen LogP contribution in [0, 0.1) is 5.92 Å². The number of hydrogen-bond acceptors (Lipinski definition) is 4. The maximum absolute atomic E-state index is 11.2. The Morgan fingerprint density at radius 3 is 2.59 bits per heavy atom. The standard InChI is InChI=1S/C20H19NO3.CH2O2/c22-20-6-4-17(11-21-20)16-2-1-15-3-5-19(10-18(15)9-16)24-13-14-7-8-23-12-14;2-1-3/h1-6,9-11,14H,7-8,12-13H2,(H,21,22);1H,(H,2,3). The van der Waals surface area contributed by atoms with Crippen molar-refractivity contribution in [1.29, 1.82) is 0 Å². The van der Waals surface area contributed by atoms with Crippen molar-refractivity contribution in [3.05, 3.63) is 65.1 Å². The van der Waals surface area contributed by atoms with E-state index < -0.39 is 0 Å². The van der Waals surface area contributed by atoms with Crippen molar-refractivity contribution in [2.24, 2.45) is 5.92 Å². The second kappa shape index (κ2) is 9.00. The van der Waals surface area contributed by atoms with Gasteiger partial charge < -0.3 is 19.6 Å². The first-order valence-corrected chi connectivity index (χ1v) is 8.71. The summed E-state index contributed by atoms with van der Waals surface area (Å²) in [5.41, 5.74) is 1.97. The molecule has 6 heteroatoms. The Kier molecular flexibility index (Phi) is 6.22. The molecule has 6 nitrogen and oxygen atoms in total. The van der Waals surface area contributed by atoms with Crippen molar-refractivity contribution in [2.75, 3.05) is 19.8 Å². The van der Waals surface area contributed by atoms with Crippen LogP contribution in [0.1, 0.15) is 6.42 Å². The largest absolute Gasteiger partial charge is 0.493 e. The minimum absolute atomic E-state index is 0.0916. The second-order valence-electron chi connectivity index (χ2n) is 6.31. The summed E-state index contributed by atoms with van der Waals surface area (Å²) in [6, 6.07) is 15.8. The van der Waals surface area contributed by atoms with Gasteiger partial charge in [-0.3, -0.25) is 9.59 Å². The molecule has 0 spiro atoms. The zero-order valence-electron chi connectivity index (χ0n) is 14.8. The zero-order chi connectivity index (χ0) is 19.1. The van der Waals surface area contributed by atoms with Gasteiger partial charge >= 0.3 is 0 Å². The topological polar surface area (TPSA) is 88.6 Å². The molecule has 0 bridgehead atoms. The third kappa shape index (κ3) is 4.95. The van der Waals surface area contributed by atoms with E-state index in [-0.39, 0.29) is 12.0 Å². The Morgan fingerprint density at radius 1 is 1.11 bits per heavy atom. The number of pyridine rings is 1. The van der Waals surface area contributed by atoms with Gasteiger partial charge in [0.2, 0.25) is 5.56 Å². The number of nitrogens with one attached hydrogen (secondary N) is 1. The average Bonchev–Trinajstić information content (AvgIpc) is 3.21. The van der Waals surface area contributed by atoms with Gasteiger partial charge in [-0.25, -0.2) is 0 Å². The fourth-order valence-electron chi connectivity index (χ4n) is 3.01. The highest BCUT2D eigenvalue weighted by Gasteiger charge is 2.16. The SMILES string of the molecule is O=CO.O=c1ccc(-c2ccc3ccc(OCC4CCOC4)cc3c2)c[nH]1. The molecular weight excluding hydrogens is 346 g/mol. The van der Waals surface area contributed by atoms with Crippen LogP contribution in [0.2, 0.25) is 0 Å². The number of ether oxygens (including phenoxy) is 2. The first-order chi connectivity index (χ1) is 13.2. The van der Waals surface area contributed by atoms with Crippen LogP contribution in [0.3, 0.4) is 0 Å². The van der Waals surface area contributed by atoms with E-state index in [1.807, 2.05) is 12.1 Å². The van der Waals surface area contributed by atoms with Crippen molar-refractivity contribution < 1.29 is 19.4 Å². The van der Waals surface area contributed by atoms with Crippen molar-refractivity contribution >= 4 is 17.2 Å². The maximum atomic E-state index is 11.2. The van der Waals surface area contributed by atoms with Crippen molar-refractivity contribution in [2.45, 2.75) is 6.42 Å². The Balaban J connectivity index is 0.000000659. The first kappa shape index (κ1) is 18.7. The molecule has 2 heterocycles. The van der Waals surface area contributed by atoms with Gasteiger partial charge in [0.05, 0.1) is 13.2 Å². The Morgan fingerprint density at radius 2 is 1.89 bits per heavy atom. The Bertz CT molecular complexity index is 940. The molecule has 1 aliphatic rings. The van der Waals surface area contributed by atoms with E-state index in [0.29, 0.717) is 12.5 Å². The number of aromatic amines is 1. The van der Waals surface area contributed by atoms with Gasteiger partial charge in [-0.2, -0.15) is 0 Å². The highest BCUT2D eigenvalue weighted by Crippen LogP contribution is 2.27. The van der Waals surface area contributed by atoms with Gasteiger partial charge in [-0.05, 0) is 52.6 Å². The van der Waals surface area contributed by atoms with Crippen molar-refractivity contribution in [3.63, 3.8) is 0 Å². The van der Waals surface area contributed by atoms with Crippen LogP contribution in [0.4, 0.5) is 0 Å². The average molecular weight is 367 g/mol. The first-order valence-electron chi connectivity index (χ1n) is 8.71. The number of carbonyl (C=O) groups is 1. The molecule has 2 aromatic carbocycles. The molecule has 1 fully saturated rings. The van der Waals surface area contributed by atoms with E-state index in [1.165, 1.54) is 5.39 Å². The monoisotopic (exact) mass is 367 g/mol. The third-order valence-electron chi connectivity index (χ3n) is 4.44. The molecule has 27 heavy (non-hydrogen) atoms. The number of H-pyrrole nitrogens is 1. The molecular formula is C21H21NO5. The second-order valence-corrected chi connectivity index (χ2v) is 6.31. The van der Waals surface area contributed by atoms with Crippen LogP contribution in [-0.2, 0) is 9.53 Å². The van der Waals surface area contributed by atoms with Crippen molar-refractivity contribution in [1.82, 2.24) is 4.98 Å². The third-order valence-corrected chi connectivity index (χ3v) is 4.44. The van der Waals surface area contributed by atoms with Gasteiger partial charge in [0.25, 0.3) is 6.47 Å². The minimum atomic E-state index is -0.250. The van der Waals surface area contributed by atoms with Gasteiger partial charge in [-0.15, -0.1) is 0 Å². The summed E-state index contributed by atoms with van der Waals surface area (Å²) in [6.07, 6.45) is 2.81. The zero-order valence-corrected chi connectivity index (χ0v) is 14.8. The van der Waals surface area contributed by atoms with E-state index in [1.54, 1.807) is 12.3 Å². The normalized spacial score (nSPS) is 15.8. The lowest BCUT2D eigenvalue weighted by Crippen LogP contribution is -2.11. The summed E-state index contributed by atoms with van der Waals surface area (Å²) >= 11 is 0. The van der Waals surface area contributed by atoms with Gasteiger partial charge in [0.15, 0.2) is 0 Å². The maximum Gasteiger partial charge on any atom is 0.290 e. The van der Waals surface area contributed by atoms with E-state index in [2.05, 4.69) is 35.3 Å². The molecule has 1 aliphatic heterocycles. The summed E-state index contributed by atoms with van der Waals surface area (Å²) in [7, 11) is 0. The molecule has 140 valence electrons. The number of aromatic nitrogens is 1. The number of hydrogen-bond donors (Lipinski definition) is 2. The molecule has 0 radical (unpaired) electrons. The molecule has 1 aromatic heterocycles. The van der Waals surface area contributed by atoms with E-state index in [9.17, 15) is 4.79 Å². The van der Waals surface area contributed by atoms with Crippen LogP contribution < -0.4 is 10.3 Å². The number of fused-ring (bicyclic) bond motifs is 1. The van der Waals surface area contributed by atoms with Gasteiger partial charge in [0.1, 0.15) is 5.75 Å². The van der Waals surface area contributed by atoms with Gasteiger partial charge in [-0.1, -0.05) is 18.2 Å². The fourth-order valence-corrected chi connectivity index (χ4v) is 3.01. The van der Waals surface area contributed by atoms with Crippen LogP contribution in [0.25, 0.3) is 21.9 Å². The summed E-state index contributed by atoms with van der Waals surface area (Å²) < 4.78 is 11.3. The minimum Gasteiger partial charge on any atom is -0.493 e. The van der Waals surface area contributed by atoms with Crippen LogP contribution >= 0.6 is 0 Å². The fraction of sp³-hybridized carbons (Fsp3) is 0.238. The summed E-state index contributed by atoms with van der Waals surface area (Å²) in [5.74, 6) is 1.38. The van der Waals surface area contributed by atoms with E-state index >= 15 is 0 Å².